The van der Waals surface area contributed by atoms with Gasteiger partial charge in [-0.25, -0.2) is 4.98 Å². The van der Waals surface area contributed by atoms with Crippen LogP contribution in [-0.4, -0.2) is 35.7 Å². The average Bonchev–Trinajstić information content (AvgIpc) is 2.65. The van der Waals surface area contributed by atoms with E-state index in [9.17, 15) is 4.79 Å². The first kappa shape index (κ1) is 10.9. The number of nitrogens with one attached hydrogen (secondary N) is 2. The predicted molar refractivity (Wildman–Crippen MR) is 55.7 cm³/mol. The number of thiazole rings is 1. The number of aromatic nitrogens is 1. The molecule has 5 nitrogen and oxygen atoms in total. The third-order valence-corrected chi connectivity index (χ3v) is 2.46. The fourth-order valence-corrected chi connectivity index (χ4v) is 1.49. The molecule has 0 aromatic carbocycles. The summed E-state index contributed by atoms with van der Waals surface area (Å²) in [6.45, 7) is 1.65. The van der Waals surface area contributed by atoms with Crippen LogP contribution in [0.2, 0.25) is 0 Å². The molecule has 0 saturated heterocycles. The van der Waals surface area contributed by atoms with Gasteiger partial charge in [0, 0.05) is 18.5 Å². The van der Waals surface area contributed by atoms with Crippen LogP contribution in [0.25, 0.3) is 0 Å². The van der Waals surface area contributed by atoms with Crippen molar-refractivity contribution in [2.75, 3.05) is 19.0 Å². The molecule has 1 heterocycles. The first-order valence-corrected chi connectivity index (χ1v) is 5.10. The van der Waals surface area contributed by atoms with Crippen molar-refractivity contribution in [2.24, 2.45) is 0 Å². The molecule has 0 aliphatic carbocycles. The molecule has 1 rings (SSSR count). The van der Waals surface area contributed by atoms with Crippen LogP contribution < -0.4 is 10.6 Å². The lowest BCUT2D eigenvalue weighted by atomic mass is 10.3. The van der Waals surface area contributed by atoms with E-state index in [1.165, 1.54) is 11.3 Å². The Labute approximate surface area is 86.2 Å². The second kappa shape index (κ2) is 4.92. The fourth-order valence-electron chi connectivity index (χ4n) is 0.836. The highest BCUT2D eigenvalue weighted by molar-refractivity contribution is 7.13. The molecule has 1 amide bonds. The van der Waals surface area contributed by atoms with Gasteiger partial charge >= 0.3 is 0 Å². The molecule has 0 radical (unpaired) electrons. The topological polar surface area (TPSA) is 74.2 Å². The van der Waals surface area contributed by atoms with Crippen LogP contribution in [0.5, 0.6) is 0 Å². The van der Waals surface area contributed by atoms with Crippen LogP contribution in [-0.2, 0) is 0 Å². The van der Waals surface area contributed by atoms with Gasteiger partial charge in [0.05, 0.1) is 6.61 Å². The summed E-state index contributed by atoms with van der Waals surface area (Å²) < 4.78 is 0. The van der Waals surface area contributed by atoms with E-state index >= 15 is 0 Å². The lowest BCUT2D eigenvalue weighted by Crippen LogP contribution is -2.35. The van der Waals surface area contributed by atoms with E-state index in [1.807, 2.05) is 0 Å². The number of aliphatic hydroxyl groups excluding tert-OH is 1. The molecule has 0 saturated carbocycles. The van der Waals surface area contributed by atoms with Crippen LogP contribution in [0.1, 0.15) is 17.4 Å². The van der Waals surface area contributed by atoms with Crippen molar-refractivity contribution in [3.05, 3.63) is 11.1 Å². The van der Waals surface area contributed by atoms with Crippen molar-refractivity contribution >= 4 is 22.4 Å². The quantitative estimate of drug-likeness (QED) is 0.675. The summed E-state index contributed by atoms with van der Waals surface area (Å²) in [5, 5.41) is 16.6. The number of hydrogen-bond donors (Lipinski definition) is 3. The first-order chi connectivity index (χ1) is 6.67. The minimum absolute atomic E-state index is 0.0746. The maximum atomic E-state index is 11.4. The molecule has 1 atom stereocenters. The van der Waals surface area contributed by atoms with Crippen molar-refractivity contribution in [1.82, 2.24) is 10.3 Å². The SMILES string of the molecule is CNc1nc(C(=O)NC(C)CO)cs1. The predicted octanol–water partition coefficient (Wildman–Crippen LogP) is 0.295. The van der Waals surface area contributed by atoms with Gasteiger partial charge in [0.15, 0.2) is 5.13 Å². The van der Waals surface area contributed by atoms with Gasteiger partial charge in [-0.2, -0.15) is 0 Å². The Morgan fingerprint density at radius 3 is 3.00 bits per heavy atom. The maximum absolute atomic E-state index is 11.4. The Hall–Kier alpha value is -1.14. The molecule has 14 heavy (non-hydrogen) atoms. The van der Waals surface area contributed by atoms with E-state index in [4.69, 9.17) is 5.11 Å². The van der Waals surface area contributed by atoms with Gasteiger partial charge in [-0.15, -0.1) is 11.3 Å². The van der Waals surface area contributed by atoms with Gasteiger partial charge in [-0.3, -0.25) is 4.79 Å². The lowest BCUT2D eigenvalue weighted by Gasteiger charge is -2.08. The van der Waals surface area contributed by atoms with E-state index in [0.29, 0.717) is 10.8 Å². The number of aliphatic hydroxyl groups is 1. The smallest absolute Gasteiger partial charge is 0.271 e. The summed E-state index contributed by atoms with van der Waals surface area (Å²) in [7, 11) is 1.75. The minimum Gasteiger partial charge on any atom is -0.394 e. The molecule has 0 aliphatic rings. The Morgan fingerprint density at radius 1 is 1.79 bits per heavy atom. The van der Waals surface area contributed by atoms with Crippen LogP contribution in [0.4, 0.5) is 5.13 Å². The average molecular weight is 215 g/mol. The summed E-state index contributed by atoms with van der Waals surface area (Å²) in [5.41, 5.74) is 0.375. The van der Waals surface area contributed by atoms with Gasteiger partial charge in [-0.05, 0) is 6.92 Å². The number of rotatable bonds is 4. The Balaban J connectivity index is 2.60. The molecule has 3 N–H and O–H groups in total. The highest BCUT2D eigenvalue weighted by Crippen LogP contribution is 2.14. The van der Waals surface area contributed by atoms with Crippen LogP contribution >= 0.6 is 11.3 Å². The molecule has 0 spiro atoms. The third kappa shape index (κ3) is 2.68. The van der Waals surface area contributed by atoms with Gasteiger partial charge in [0.25, 0.3) is 5.91 Å². The normalized spacial score (nSPS) is 12.2. The monoisotopic (exact) mass is 215 g/mol. The zero-order chi connectivity index (χ0) is 10.6. The van der Waals surface area contributed by atoms with Crippen LogP contribution in [0.3, 0.4) is 0 Å². The minimum atomic E-state index is -0.260. The number of nitrogens with zero attached hydrogens (tertiary/aromatic N) is 1. The fraction of sp³-hybridized carbons (Fsp3) is 0.500. The summed E-state index contributed by atoms with van der Waals surface area (Å²) in [4.78, 5) is 15.5. The van der Waals surface area contributed by atoms with Gasteiger partial charge in [0.2, 0.25) is 0 Å². The first-order valence-electron chi connectivity index (χ1n) is 4.22. The molecular weight excluding hydrogens is 202 g/mol. The summed E-state index contributed by atoms with van der Waals surface area (Å²) >= 11 is 1.37. The van der Waals surface area contributed by atoms with E-state index < -0.39 is 0 Å². The highest BCUT2D eigenvalue weighted by atomic mass is 32.1. The summed E-state index contributed by atoms with van der Waals surface area (Å²) in [6.07, 6.45) is 0. The molecule has 0 bridgehead atoms. The maximum Gasteiger partial charge on any atom is 0.271 e. The van der Waals surface area contributed by atoms with Crippen molar-refractivity contribution in [1.29, 1.82) is 0 Å². The highest BCUT2D eigenvalue weighted by Gasteiger charge is 2.12. The lowest BCUT2D eigenvalue weighted by molar-refractivity contribution is 0.0918. The molecular formula is C8H13N3O2S. The number of amides is 1. The van der Waals surface area contributed by atoms with E-state index in [0.717, 1.165) is 0 Å². The molecule has 1 unspecified atom stereocenters. The summed E-state index contributed by atoms with van der Waals surface area (Å²) in [6, 6.07) is -0.248. The van der Waals surface area contributed by atoms with Crippen LogP contribution in [0, 0.1) is 0 Å². The van der Waals surface area contributed by atoms with Crippen molar-refractivity contribution in [3.63, 3.8) is 0 Å². The molecule has 0 aliphatic heterocycles. The van der Waals surface area contributed by atoms with Crippen molar-refractivity contribution in [2.45, 2.75) is 13.0 Å². The number of carbonyl (C=O) groups is 1. The molecule has 1 aromatic heterocycles. The number of anilines is 1. The third-order valence-electron chi connectivity index (χ3n) is 1.60. The number of hydrogen-bond acceptors (Lipinski definition) is 5. The molecule has 78 valence electrons. The second-order valence-corrected chi connectivity index (χ2v) is 3.70. The summed E-state index contributed by atoms with van der Waals surface area (Å²) in [5.74, 6) is -0.260. The zero-order valence-electron chi connectivity index (χ0n) is 8.07. The largest absolute Gasteiger partial charge is 0.394 e. The van der Waals surface area contributed by atoms with Gasteiger partial charge in [-0.1, -0.05) is 0 Å². The van der Waals surface area contributed by atoms with Crippen molar-refractivity contribution < 1.29 is 9.90 Å². The van der Waals surface area contributed by atoms with E-state index in [-0.39, 0.29) is 18.6 Å². The van der Waals surface area contributed by atoms with Crippen molar-refractivity contribution in [3.8, 4) is 0 Å². The molecule has 1 aromatic rings. The number of carbonyl (C=O) groups excluding carboxylic acids is 1. The molecule has 0 fully saturated rings. The van der Waals surface area contributed by atoms with E-state index in [1.54, 1.807) is 19.4 Å². The Bertz CT molecular complexity index is 313. The van der Waals surface area contributed by atoms with Gasteiger partial charge in [0.1, 0.15) is 5.69 Å². The van der Waals surface area contributed by atoms with Gasteiger partial charge < -0.3 is 15.7 Å². The Kier molecular flexibility index (Phi) is 3.84. The standard InChI is InChI=1S/C8H13N3O2S/c1-5(3-12)10-7(13)6-4-14-8(9-2)11-6/h4-5,12H,3H2,1-2H3,(H,9,11)(H,10,13). The van der Waals surface area contributed by atoms with E-state index in [2.05, 4.69) is 15.6 Å². The second-order valence-electron chi connectivity index (χ2n) is 2.84. The molecule has 6 heteroatoms. The zero-order valence-corrected chi connectivity index (χ0v) is 8.89. The van der Waals surface area contributed by atoms with Crippen LogP contribution in [0.15, 0.2) is 5.38 Å². The Morgan fingerprint density at radius 2 is 2.50 bits per heavy atom.